The molecule has 0 amide bonds. The van der Waals surface area contributed by atoms with Crippen molar-refractivity contribution < 1.29 is 4.39 Å². The number of piperidine rings is 1. The molecule has 0 saturated carbocycles. The van der Waals surface area contributed by atoms with Gasteiger partial charge in [-0.1, -0.05) is 6.07 Å². The molecular weight excluding hydrogens is 203 g/mol. The molecule has 0 atom stereocenters. The third kappa shape index (κ3) is 2.35. The Bertz CT molecular complexity index is 357. The Kier molecular flexibility index (Phi) is 3.15. The summed E-state index contributed by atoms with van der Waals surface area (Å²) in [4.78, 5) is 2.25. The van der Waals surface area contributed by atoms with Gasteiger partial charge in [0.25, 0.3) is 0 Å². The van der Waals surface area contributed by atoms with Crippen molar-refractivity contribution in [1.82, 2.24) is 5.32 Å². The number of rotatable bonds is 2. The molecule has 1 heterocycles. The third-order valence-corrected chi connectivity index (χ3v) is 3.64. The zero-order valence-electron chi connectivity index (χ0n) is 9.96. The molecule has 0 radical (unpaired) electrons. The fourth-order valence-electron chi connectivity index (χ4n) is 2.18. The van der Waals surface area contributed by atoms with Crippen LogP contribution in [0.15, 0.2) is 24.3 Å². The summed E-state index contributed by atoms with van der Waals surface area (Å²) in [5.41, 5.74) is 1.24. The van der Waals surface area contributed by atoms with E-state index >= 15 is 0 Å². The molecule has 1 aromatic carbocycles. The second-order valence-electron chi connectivity index (χ2n) is 4.78. The van der Waals surface area contributed by atoms with Crippen molar-refractivity contribution in [1.29, 1.82) is 0 Å². The summed E-state index contributed by atoms with van der Waals surface area (Å²) in [6.07, 6.45) is 2.19. The van der Waals surface area contributed by atoms with Crippen molar-refractivity contribution in [2.75, 3.05) is 25.0 Å². The van der Waals surface area contributed by atoms with Gasteiger partial charge in [0.15, 0.2) is 0 Å². The molecule has 1 aromatic rings. The van der Waals surface area contributed by atoms with Crippen LogP contribution in [0.2, 0.25) is 0 Å². The van der Waals surface area contributed by atoms with Crippen LogP contribution in [0.25, 0.3) is 0 Å². The highest BCUT2D eigenvalue weighted by molar-refractivity contribution is 5.47. The molecule has 3 heteroatoms. The predicted molar refractivity (Wildman–Crippen MR) is 65.3 cm³/mol. The van der Waals surface area contributed by atoms with Crippen molar-refractivity contribution >= 4 is 5.69 Å². The van der Waals surface area contributed by atoms with E-state index in [9.17, 15) is 4.39 Å². The molecule has 0 spiro atoms. The zero-order chi connectivity index (χ0) is 11.6. The molecule has 1 fully saturated rings. The van der Waals surface area contributed by atoms with E-state index in [0.29, 0.717) is 0 Å². The SMILES string of the molecule is CNC1(C)CCN(c2cccc(F)c2)CC1. The van der Waals surface area contributed by atoms with Crippen LogP contribution in [-0.4, -0.2) is 25.7 Å². The van der Waals surface area contributed by atoms with Crippen LogP contribution in [-0.2, 0) is 0 Å². The van der Waals surface area contributed by atoms with E-state index in [4.69, 9.17) is 0 Å². The molecule has 2 nitrogen and oxygen atoms in total. The first-order chi connectivity index (χ1) is 7.63. The summed E-state index contributed by atoms with van der Waals surface area (Å²) < 4.78 is 13.1. The van der Waals surface area contributed by atoms with Gasteiger partial charge in [0.05, 0.1) is 0 Å². The summed E-state index contributed by atoms with van der Waals surface area (Å²) >= 11 is 0. The minimum atomic E-state index is -0.153. The monoisotopic (exact) mass is 222 g/mol. The second-order valence-corrected chi connectivity index (χ2v) is 4.78. The number of benzene rings is 1. The lowest BCUT2D eigenvalue weighted by molar-refractivity contribution is 0.305. The first-order valence-corrected chi connectivity index (χ1v) is 5.82. The van der Waals surface area contributed by atoms with E-state index in [2.05, 4.69) is 17.1 Å². The van der Waals surface area contributed by atoms with E-state index in [-0.39, 0.29) is 11.4 Å². The van der Waals surface area contributed by atoms with Gasteiger partial charge in [0.2, 0.25) is 0 Å². The van der Waals surface area contributed by atoms with E-state index in [1.165, 1.54) is 6.07 Å². The zero-order valence-corrected chi connectivity index (χ0v) is 9.96. The van der Waals surface area contributed by atoms with Crippen LogP contribution in [0.1, 0.15) is 19.8 Å². The Morgan fingerprint density at radius 1 is 1.31 bits per heavy atom. The summed E-state index contributed by atoms with van der Waals surface area (Å²) in [7, 11) is 2.01. The summed E-state index contributed by atoms with van der Waals surface area (Å²) in [5, 5.41) is 3.36. The maximum absolute atomic E-state index is 13.1. The van der Waals surface area contributed by atoms with Crippen molar-refractivity contribution in [3.63, 3.8) is 0 Å². The number of hydrogen-bond acceptors (Lipinski definition) is 2. The summed E-state index contributed by atoms with van der Waals surface area (Å²) in [6.45, 7) is 4.22. The van der Waals surface area contributed by atoms with E-state index in [1.807, 2.05) is 13.1 Å². The van der Waals surface area contributed by atoms with Crippen molar-refractivity contribution in [2.45, 2.75) is 25.3 Å². The molecule has 0 aromatic heterocycles. The lowest BCUT2D eigenvalue weighted by Crippen LogP contribution is -2.50. The lowest BCUT2D eigenvalue weighted by atomic mass is 9.89. The second kappa shape index (κ2) is 4.42. The third-order valence-electron chi connectivity index (χ3n) is 3.64. The van der Waals surface area contributed by atoms with Crippen molar-refractivity contribution in [3.8, 4) is 0 Å². The molecule has 0 bridgehead atoms. The average molecular weight is 222 g/mol. The predicted octanol–water partition coefficient (Wildman–Crippen LogP) is 2.40. The molecule has 1 saturated heterocycles. The van der Waals surface area contributed by atoms with Crippen LogP contribution in [0.3, 0.4) is 0 Å². The van der Waals surface area contributed by atoms with Crippen LogP contribution in [0.4, 0.5) is 10.1 Å². The molecule has 1 aliphatic rings. The summed E-state index contributed by atoms with van der Waals surface area (Å²) in [5.74, 6) is -0.153. The maximum atomic E-state index is 13.1. The van der Waals surface area contributed by atoms with E-state index in [0.717, 1.165) is 31.6 Å². The first-order valence-electron chi connectivity index (χ1n) is 5.82. The quantitative estimate of drug-likeness (QED) is 0.826. The van der Waals surface area contributed by atoms with Gasteiger partial charge in [-0.05, 0) is 45.0 Å². The minimum Gasteiger partial charge on any atom is -0.371 e. The van der Waals surface area contributed by atoms with Gasteiger partial charge < -0.3 is 10.2 Å². The summed E-state index contributed by atoms with van der Waals surface area (Å²) in [6, 6.07) is 6.86. The molecule has 0 unspecified atom stereocenters. The van der Waals surface area contributed by atoms with Crippen molar-refractivity contribution in [3.05, 3.63) is 30.1 Å². The molecule has 1 N–H and O–H groups in total. The average Bonchev–Trinajstić information content (AvgIpc) is 2.30. The molecular formula is C13H19FN2. The van der Waals surface area contributed by atoms with Crippen LogP contribution < -0.4 is 10.2 Å². The van der Waals surface area contributed by atoms with Crippen LogP contribution in [0, 0.1) is 5.82 Å². The highest BCUT2D eigenvalue weighted by Crippen LogP contribution is 2.25. The lowest BCUT2D eigenvalue weighted by Gasteiger charge is -2.40. The van der Waals surface area contributed by atoms with Crippen LogP contribution in [0.5, 0.6) is 0 Å². The standard InChI is InChI=1S/C13H19FN2/c1-13(15-2)6-8-16(9-7-13)12-5-3-4-11(14)10-12/h3-5,10,15H,6-9H2,1-2H3. The number of nitrogens with zero attached hydrogens (tertiary/aromatic N) is 1. The van der Waals surface area contributed by atoms with Gasteiger partial charge in [0.1, 0.15) is 5.82 Å². The van der Waals surface area contributed by atoms with Gasteiger partial charge in [-0.15, -0.1) is 0 Å². The first kappa shape index (κ1) is 11.4. The Morgan fingerprint density at radius 3 is 2.56 bits per heavy atom. The normalized spacial score (nSPS) is 19.8. The number of hydrogen-bond donors (Lipinski definition) is 1. The molecule has 0 aliphatic carbocycles. The van der Waals surface area contributed by atoms with Crippen LogP contribution >= 0.6 is 0 Å². The topological polar surface area (TPSA) is 15.3 Å². The van der Waals surface area contributed by atoms with Crippen molar-refractivity contribution in [2.24, 2.45) is 0 Å². The molecule has 2 rings (SSSR count). The molecule has 88 valence electrons. The fourth-order valence-corrected chi connectivity index (χ4v) is 2.18. The fraction of sp³-hybridized carbons (Fsp3) is 0.538. The number of anilines is 1. The molecule has 16 heavy (non-hydrogen) atoms. The molecule has 1 aliphatic heterocycles. The van der Waals surface area contributed by atoms with Gasteiger partial charge in [-0.3, -0.25) is 0 Å². The maximum Gasteiger partial charge on any atom is 0.125 e. The van der Waals surface area contributed by atoms with E-state index in [1.54, 1.807) is 12.1 Å². The Morgan fingerprint density at radius 2 is 2.00 bits per heavy atom. The Balaban J connectivity index is 2.04. The smallest absolute Gasteiger partial charge is 0.125 e. The minimum absolute atomic E-state index is 0.153. The van der Waals surface area contributed by atoms with Gasteiger partial charge in [0, 0.05) is 24.3 Å². The Hall–Kier alpha value is -1.09. The van der Waals surface area contributed by atoms with E-state index < -0.39 is 0 Å². The number of nitrogens with one attached hydrogen (secondary N) is 1. The highest BCUT2D eigenvalue weighted by atomic mass is 19.1. The largest absolute Gasteiger partial charge is 0.371 e. The van der Waals surface area contributed by atoms with Gasteiger partial charge in [-0.25, -0.2) is 4.39 Å². The Labute approximate surface area is 96.5 Å². The number of halogens is 1. The van der Waals surface area contributed by atoms with Gasteiger partial charge >= 0.3 is 0 Å². The van der Waals surface area contributed by atoms with Gasteiger partial charge in [-0.2, -0.15) is 0 Å². The highest BCUT2D eigenvalue weighted by Gasteiger charge is 2.28.